The smallest absolute Gasteiger partial charge is 0.296 e. The number of hydrogen-bond donors (Lipinski definition) is 0. The van der Waals surface area contributed by atoms with Crippen LogP contribution in [0.25, 0.3) is 27.8 Å². The third-order valence-electron chi connectivity index (χ3n) is 5.64. The van der Waals surface area contributed by atoms with Gasteiger partial charge in [0.2, 0.25) is 0 Å². The standard InChI is InChI=1S/C22H15Cl2F3N4S/c1-12-17(19-29-30-20(32-19)21(10-11-21)22(25,26)27)28-18(15-4-2-3-5-16(15)24)31(12)14-8-6-13(23)7-9-14/h2-9H,10-11H2,1H3. The Morgan fingerprint density at radius 2 is 1.69 bits per heavy atom. The number of aromatic nitrogens is 4. The van der Waals surface area contributed by atoms with Crippen LogP contribution in [0.4, 0.5) is 13.2 Å². The van der Waals surface area contributed by atoms with E-state index < -0.39 is 11.6 Å². The molecule has 0 radical (unpaired) electrons. The molecule has 1 aliphatic carbocycles. The normalized spacial score (nSPS) is 15.2. The van der Waals surface area contributed by atoms with Crippen LogP contribution in [0.2, 0.25) is 10.0 Å². The molecule has 0 spiro atoms. The molecule has 1 aliphatic rings. The van der Waals surface area contributed by atoms with E-state index in [2.05, 4.69) is 10.2 Å². The zero-order valence-electron chi connectivity index (χ0n) is 16.6. The maximum Gasteiger partial charge on any atom is 0.400 e. The van der Waals surface area contributed by atoms with Gasteiger partial charge in [0.25, 0.3) is 0 Å². The molecule has 2 heterocycles. The second kappa shape index (κ2) is 7.57. The third-order valence-corrected chi connectivity index (χ3v) is 7.35. The fourth-order valence-corrected chi connectivity index (χ4v) is 5.19. The van der Waals surface area contributed by atoms with Crippen molar-refractivity contribution in [3.8, 4) is 27.8 Å². The van der Waals surface area contributed by atoms with Crippen molar-refractivity contribution in [2.24, 2.45) is 0 Å². The lowest BCUT2D eigenvalue weighted by molar-refractivity contribution is -0.160. The van der Waals surface area contributed by atoms with Gasteiger partial charge in [0.05, 0.1) is 10.7 Å². The predicted molar refractivity (Wildman–Crippen MR) is 120 cm³/mol. The minimum Gasteiger partial charge on any atom is -0.296 e. The number of alkyl halides is 3. The van der Waals surface area contributed by atoms with Crippen molar-refractivity contribution >= 4 is 34.5 Å². The Morgan fingerprint density at radius 3 is 2.31 bits per heavy atom. The summed E-state index contributed by atoms with van der Waals surface area (Å²) in [7, 11) is 0. The van der Waals surface area contributed by atoms with Gasteiger partial charge in [-0.2, -0.15) is 13.2 Å². The first kappa shape index (κ1) is 21.4. The van der Waals surface area contributed by atoms with Crippen LogP contribution in [0.3, 0.4) is 0 Å². The molecule has 1 saturated carbocycles. The lowest BCUT2D eigenvalue weighted by Gasteiger charge is -2.15. The Labute approximate surface area is 195 Å². The molecule has 0 N–H and O–H groups in total. The molecule has 32 heavy (non-hydrogen) atoms. The van der Waals surface area contributed by atoms with Gasteiger partial charge in [-0.15, -0.1) is 10.2 Å². The quantitative estimate of drug-likeness (QED) is 0.299. The largest absolute Gasteiger partial charge is 0.400 e. The molecule has 4 aromatic rings. The Kier molecular flexibility index (Phi) is 5.07. The van der Waals surface area contributed by atoms with E-state index in [1.54, 1.807) is 18.2 Å². The van der Waals surface area contributed by atoms with Crippen LogP contribution in [0.1, 0.15) is 23.5 Å². The van der Waals surface area contributed by atoms with Crippen LogP contribution in [-0.4, -0.2) is 25.9 Å². The molecule has 0 amide bonds. The van der Waals surface area contributed by atoms with E-state index in [1.807, 2.05) is 41.8 Å². The zero-order valence-corrected chi connectivity index (χ0v) is 18.9. The number of hydrogen-bond acceptors (Lipinski definition) is 4. The number of halogens is 5. The topological polar surface area (TPSA) is 43.6 Å². The highest BCUT2D eigenvalue weighted by Gasteiger charge is 2.66. The fourth-order valence-electron chi connectivity index (χ4n) is 3.69. The van der Waals surface area contributed by atoms with E-state index in [-0.39, 0.29) is 17.8 Å². The van der Waals surface area contributed by atoms with Gasteiger partial charge in [0.1, 0.15) is 21.9 Å². The van der Waals surface area contributed by atoms with Gasteiger partial charge in [0, 0.05) is 16.3 Å². The average Bonchev–Trinajstić information content (AvgIpc) is 3.32. The highest BCUT2D eigenvalue weighted by Crippen LogP contribution is 2.59. The number of benzene rings is 2. The van der Waals surface area contributed by atoms with Gasteiger partial charge in [-0.3, -0.25) is 4.57 Å². The summed E-state index contributed by atoms with van der Waals surface area (Å²) in [6.45, 7) is 1.84. The van der Waals surface area contributed by atoms with Gasteiger partial charge in [-0.25, -0.2) is 4.98 Å². The second-order valence-electron chi connectivity index (χ2n) is 7.65. The molecule has 0 aliphatic heterocycles. The van der Waals surface area contributed by atoms with Crippen molar-refractivity contribution in [2.75, 3.05) is 0 Å². The summed E-state index contributed by atoms with van der Waals surface area (Å²) in [5, 5.41) is 9.41. The third kappa shape index (κ3) is 3.41. The van der Waals surface area contributed by atoms with E-state index in [9.17, 15) is 13.2 Å². The van der Waals surface area contributed by atoms with Gasteiger partial charge in [-0.1, -0.05) is 46.7 Å². The molecule has 0 saturated heterocycles. The molecule has 0 bridgehead atoms. The molecule has 1 fully saturated rings. The molecule has 2 aromatic carbocycles. The van der Waals surface area contributed by atoms with Crippen molar-refractivity contribution in [3.63, 3.8) is 0 Å². The van der Waals surface area contributed by atoms with Crippen molar-refractivity contribution in [3.05, 3.63) is 69.3 Å². The van der Waals surface area contributed by atoms with E-state index in [4.69, 9.17) is 28.2 Å². The van der Waals surface area contributed by atoms with E-state index in [0.29, 0.717) is 37.8 Å². The van der Waals surface area contributed by atoms with Gasteiger partial charge >= 0.3 is 6.18 Å². The first-order valence-corrected chi connectivity index (χ1v) is 11.3. The summed E-state index contributed by atoms with van der Waals surface area (Å²) in [6, 6.07) is 14.5. The Morgan fingerprint density at radius 1 is 1.00 bits per heavy atom. The van der Waals surface area contributed by atoms with Crippen molar-refractivity contribution in [1.82, 2.24) is 19.7 Å². The van der Waals surface area contributed by atoms with Crippen LogP contribution < -0.4 is 0 Å². The minimum absolute atomic E-state index is 0.0141. The Bertz CT molecular complexity index is 1310. The highest BCUT2D eigenvalue weighted by molar-refractivity contribution is 7.14. The lowest BCUT2D eigenvalue weighted by Crippen LogP contribution is -2.28. The van der Waals surface area contributed by atoms with Crippen LogP contribution in [-0.2, 0) is 5.41 Å². The van der Waals surface area contributed by atoms with E-state index in [0.717, 1.165) is 17.0 Å². The molecule has 10 heteroatoms. The zero-order chi connectivity index (χ0) is 22.7. The molecule has 0 unspecified atom stereocenters. The second-order valence-corrected chi connectivity index (χ2v) is 9.47. The Balaban J connectivity index is 1.68. The predicted octanol–water partition coefficient (Wildman–Crippen LogP) is 7.27. The van der Waals surface area contributed by atoms with Gasteiger partial charge in [-0.05, 0) is 56.2 Å². The van der Waals surface area contributed by atoms with Crippen LogP contribution in [0, 0.1) is 6.92 Å². The van der Waals surface area contributed by atoms with Crippen molar-refractivity contribution < 1.29 is 13.2 Å². The summed E-state index contributed by atoms with van der Waals surface area (Å²) in [4.78, 5) is 4.76. The molecular weight excluding hydrogens is 480 g/mol. The summed E-state index contributed by atoms with van der Waals surface area (Å²) < 4.78 is 42.6. The maximum atomic E-state index is 13.6. The molecule has 2 aromatic heterocycles. The van der Waals surface area contributed by atoms with Crippen LogP contribution >= 0.6 is 34.5 Å². The lowest BCUT2D eigenvalue weighted by atomic mass is 10.1. The fraction of sp³-hybridized carbons (Fsp3) is 0.227. The maximum absolute atomic E-state index is 13.6. The summed E-state index contributed by atoms with van der Waals surface area (Å²) in [5.74, 6) is 0.555. The first-order valence-electron chi connectivity index (χ1n) is 9.72. The van der Waals surface area contributed by atoms with Crippen LogP contribution in [0.5, 0.6) is 0 Å². The molecular formula is C22H15Cl2F3N4S. The van der Waals surface area contributed by atoms with Gasteiger partial charge < -0.3 is 0 Å². The van der Waals surface area contributed by atoms with Crippen LogP contribution in [0.15, 0.2) is 48.5 Å². The summed E-state index contributed by atoms with van der Waals surface area (Å²) in [6.07, 6.45) is -4.27. The first-order chi connectivity index (χ1) is 15.2. The van der Waals surface area contributed by atoms with Crippen molar-refractivity contribution in [1.29, 1.82) is 0 Å². The summed E-state index contributed by atoms with van der Waals surface area (Å²) >= 11 is 13.4. The summed E-state index contributed by atoms with van der Waals surface area (Å²) in [5.41, 5.74) is 0.788. The molecule has 0 atom stereocenters. The Hall–Kier alpha value is -2.42. The SMILES string of the molecule is Cc1c(-c2nnc(C3(C(F)(F)F)CC3)s2)nc(-c2ccccc2Cl)n1-c1ccc(Cl)cc1. The number of imidazole rings is 1. The van der Waals surface area contributed by atoms with Crippen molar-refractivity contribution in [2.45, 2.75) is 31.4 Å². The molecule has 5 rings (SSSR count). The number of nitrogens with zero attached hydrogens (tertiary/aromatic N) is 4. The highest BCUT2D eigenvalue weighted by atomic mass is 35.5. The van der Waals surface area contributed by atoms with E-state index in [1.165, 1.54) is 0 Å². The minimum atomic E-state index is -4.34. The molecule has 164 valence electrons. The monoisotopic (exact) mass is 494 g/mol. The van der Waals surface area contributed by atoms with E-state index >= 15 is 0 Å². The van der Waals surface area contributed by atoms with Gasteiger partial charge in [0.15, 0.2) is 5.01 Å². The molecule has 4 nitrogen and oxygen atoms in total. The average molecular weight is 495 g/mol. The number of rotatable bonds is 4.